The van der Waals surface area contributed by atoms with E-state index < -0.39 is 5.60 Å². The third-order valence-corrected chi connectivity index (χ3v) is 3.15. The number of rotatable bonds is 4. The summed E-state index contributed by atoms with van der Waals surface area (Å²) in [6, 6.07) is 7.79. The number of benzene rings is 1. The lowest BCUT2D eigenvalue weighted by Gasteiger charge is -2.28. The van der Waals surface area contributed by atoms with E-state index in [-0.39, 0.29) is 0 Å². The molecule has 1 aliphatic rings. The van der Waals surface area contributed by atoms with Crippen LogP contribution in [0.25, 0.3) is 0 Å². The van der Waals surface area contributed by atoms with Crippen LogP contribution in [0.1, 0.15) is 38.2 Å². The Hall–Kier alpha value is -1.28. The van der Waals surface area contributed by atoms with E-state index in [0.29, 0.717) is 0 Å². The van der Waals surface area contributed by atoms with Crippen LogP contribution < -0.4 is 4.74 Å². The highest BCUT2D eigenvalue weighted by molar-refractivity contribution is 5.34. The highest BCUT2D eigenvalue weighted by Gasteiger charge is 2.27. The zero-order chi connectivity index (χ0) is 12.1. The van der Waals surface area contributed by atoms with Crippen LogP contribution in [-0.2, 0) is 5.60 Å². The maximum absolute atomic E-state index is 10.5. The Bertz CT molecular complexity index is 380. The van der Waals surface area contributed by atoms with Crippen LogP contribution in [-0.4, -0.2) is 11.7 Å². The minimum absolute atomic E-state index is 0.740. The SMILES string of the molecule is CCCOc1ccc(C2(O)C=CCCC2)cc1. The minimum Gasteiger partial charge on any atom is -0.494 e. The van der Waals surface area contributed by atoms with E-state index in [1.807, 2.05) is 30.3 Å². The molecule has 1 unspecified atom stereocenters. The lowest BCUT2D eigenvalue weighted by molar-refractivity contribution is 0.0725. The van der Waals surface area contributed by atoms with E-state index in [1.54, 1.807) is 0 Å². The first kappa shape index (κ1) is 12.2. The Morgan fingerprint density at radius 1 is 1.29 bits per heavy atom. The molecule has 0 heterocycles. The van der Waals surface area contributed by atoms with Crippen LogP contribution in [0.5, 0.6) is 5.75 Å². The molecule has 0 bridgehead atoms. The van der Waals surface area contributed by atoms with Crippen molar-refractivity contribution in [2.75, 3.05) is 6.61 Å². The van der Waals surface area contributed by atoms with Gasteiger partial charge in [0, 0.05) is 0 Å². The second kappa shape index (κ2) is 5.37. The van der Waals surface area contributed by atoms with Crippen LogP contribution >= 0.6 is 0 Å². The van der Waals surface area contributed by atoms with Gasteiger partial charge in [0.05, 0.1) is 6.61 Å². The van der Waals surface area contributed by atoms with Crippen molar-refractivity contribution in [1.29, 1.82) is 0 Å². The molecule has 0 saturated heterocycles. The van der Waals surface area contributed by atoms with Gasteiger partial charge in [-0.15, -0.1) is 0 Å². The van der Waals surface area contributed by atoms with Crippen LogP contribution in [0.2, 0.25) is 0 Å². The second-order valence-electron chi connectivity index (χ2n) is 4.59. The maximum Gasteiger partial charge on any atom is 0.119 e. The van der Waals surface area contributed by atoms with E-state index in [2.05, 4.69) is 13.0 Å². The van der Waals surface area contributed by atoms with Crippen LogP contribution in [0.4, 0.5) is 0 Å². The van der Waals surface area contributed by atoms with Crippen LogP contribution in [0.15, 0.2) is 36.4 Å². The summed E-state index contributed by atoms with van der Waals surface area (Å²) in [4.78, 5) is 0. The molecule has 0 spiro atoms. The van der Waals surface area contributed by atoms with Crippen molar-refractivity contribution in [2.45, 2.75) is 38.2 Å². The van der Waals surface area contributed by atoms with Gasteiger partial charge in [-0.25, -0.2) is 0 Å². The molecule has 1 aromatic rings. The average molecular weight is 232 g/mol. The summed E-state index contributed by atoms with van der Waals surface area (Å²) in [6.45, 7) is 2.83. The van der Waals surface area contributed by atoms with Crippen LogP contribution in [0, 0.1) is 0 Å². The quantitative estimate of drug-likeness (QED) is 0.806. The van der Waals surface area contributed by atoms with Gasteiger partial charge >= 0.3 is 0 Å². The van der Waals surface area contributed by atoms with E-state index in [4.69, 9.17) is 4.74 Å². The van der Waals surface area contributed by atoms with Crippen molar-refractivity contribution in [1.82, 2.24) is 0 Å². The van der Waals surface area contributed by atoms with E-state index in [1.165, 1.54) is 0 Å². The lowest BCUT2D eigenvalue weighted by Crippen LogP contribution is -2.24. The predicted molar refractivity (Wildman–Crippen MR) is 69.1 cm³/mol. The van der Waals surface area contributed by atoms with Gasteiger partial charge in [0.15, 0.2) is 0 Å². The molecular formula is C15H20O2. The average Bonchev–Trinajstić information content (AvgIpc) is 2.38. The molecule has 1 aromatic carbocycles. The third kappa shape index (κ3) is 2.89. The fraction of sp³-hybridized carbons (Fsp3) is 0.467. The standard InChI is InChI=1S/C15H20O2/c1-2-12-17-14-8-6-13(7-9-14)15(16)10-4-3-5-11-15/h4,6-10,16H,2-3,5,11-12H2,1H3. The first-order valence-corrected chi connectivity index (χ1v) is 6.38. The van der Waals surface area contributed by atoms with Crippen LogP contribution in [0.3, 0.4) is 0 Å². The molecule has 0 aliphatic heterocycles. The summed E-state index contributed by atoms with van der Waals surface area (Å²) in [5.74, 6) is 0.874. The molecule has 17 heavy (non-hydrogen) atoms. The molecule has 0 saturated carbocycles. The molecule has 0 aromatic heterocycles. The first-order chi connectivity index (χ1) is 8.24. The van der Waals surface area contributed by atoms with Gasteiger partial charge in [-0.05, 0) is 43.4 Å². The van der Waals surface area contributed by atoms with Crippen molar-refractivity contribution in [2.24, 2.45) is 0 Å². The Balaban J connectivity index is 2.11. The second-order valence-corrected chi connectivity index (χ2v) is 4.59. The van der Waals surface area contributed by atoms with Crippen molar-refractivity contribution < 1.29 is 9.84 Å². The molecule has 1 atom stereocenters. The number of allylic oxidation sites excluding steroid dienone is 1. The van der Waals surface area contributed by atoms with Crippen molar-refractivity contribution in [3.63, 3.8) is 0 Å². The zero-order valence-corrected chi connectivity index (χ0v) is 10.4. The molecular weight excluding hydrogens is 212 g/mol. The van der Waals surface area contributed by atoms with E-state index in [9.17, 15) is 5.11 Å². The largest absolute Gasteiger partial charge is 0.494 e. The molecule has 1 N–H and O–H groups in total. The monoisotopic (exact) mass is 232 g/mol. The molecule has 0 radical (unpaired) electrons. The van der Waals surface area contributed by atoms with Gasteiger partial charge < -0.3 is 9.84 Å². The predicted octanol–water partition coefficient (Wildman–Crippen LogP) is 3.40. The summed E-state index contributed by atoms with van der Waals surface area (Å²) >= 11 is 0. The highest BCUT2D eigenvalue weighted by atomic mass is 16.5. The molecule has 0 amide bonds. The number of hydrogen-bond donors (Lipinski definition) is 1. The van der Waals surface area contributed by atoms with Gasteiger partial charge in [0.2, 0.25) is 0 Å². The molecule has 2 nitrogen and oxygen atoms in total. The Morgan fingerprint density at radius 2 is 2.06 bits per heavy atom. The number of ether oxygens (including phenoxy) is 1. The van der Waals surface area contributed by atoms with E-state index >= 15 is 0 Å². The first-order valence-electron chi connectivity index (χ1n) is 6.38. The topological polar surface area (TPSA) is 29.5 Å². The molecule has 92 valence electrons. The molecule has 2 heteroatoms. The van der Waals surface area contributed by atoms with Crippen molar-refractivity contribution >= 4 is 0 Å². The number of hydrogen-bond acceptors (Lipinski definition) is 2. The van der Waals surface area contributed by atoms with Crippen molar-refractivity contribution in [3.05, 3.63) is 42.0 Å². The summed E-state index contributed by atoms with van der Waals surface area (Å²) < 4.78 is 5.53. The van der Waals surface area contributed by atoms with E-state index in [0.717, 1.165) is 43.6 Å². The molecule has 1 aliphatic carbocycles. The highest BCUT2D eigenvalue weighted by Crippen LogP contribution is 2.33. The molecule has 0 fully saturated rings. The summed E-state index contributed by atoms with van der Waals surface area (Å²) in [7, 11) is 0. The third-order valence-electron chi connectivity index (χ3n) is 3.15. The van der Waals surface area contributed by atoms with Gasteiger partial charge in [-0.3, -0.25) is 0 Å². The summed E-state index contributed by atoms with van der Waals surface area (Å²) in [5.41, 5.74) is 0.180. The Labute approximate surface area is 103 Å². The normalized spacial score (nSPS) is 23.6. The Kier molecular flexibility index (Phi) is 3.85. The molecule has 2 rings (SSSR count). The van der Waals surface area contributed by atoms with Gasteiger partial charge in [-0.2, -0.15) is 0 Å². The summed E-state index contributed by atoms with van der Waals surface area (Å²) in [5, 5.41) is 10.5. The number of aliphatic hydroxyl groups is 1. The fourth-order valence-electron chi connectivity index (χ4n) is 2.15. The Morgan fingerprint density at radius 3 is 2.65 bits per heavy atom. The fourth-order valence-corrected chi connectivity index (χ4v) is 2.15. The summed E-state index contributed by atoms with van der Waals surface area (Å²) in [6.07, 6.45) is 7.90. The van der Waals surface area contributed by atoms with Gasteiger partial charge in [-0.1, -0.05) is 31.2 Å². The minimum atomic E-state index is -0.776. The van der Waals surface area contributed by atoms with Gasteiger partial charge in [0.25, 0.3) is 0 Å². The maximum atomic E-state index is 10.5. The zero-order valence-electron chi connectivity index (χ0n) is 10.4. The van der Waals surface area contributed by atoms with Gasteiger partial charge in [0.1, 0.15) is 11.4 Å². The smallest absolute Gasteiger partial charge is 0.119 e. The van der Waals surface area contributed by atoms with Crippen molar-refractivity contribution in [3.8, 4) is 5.75 Å². The lowest BCUT2D eigenvalue weighted by atomic mass is 9.85.